The molecule has 11 heteroatoms. The second-order valence-corrected chi connectivity index (χ2v) is 8.54. The molecule has 0 amide bonds. The second-order valence-electron chi connectivity index (χ2n) is 7.25. The van der Waals surface area contributed by atoms with E-state index in [4.69, 9.17) is 14.2 Å². The van der Waals surface area contributed by atoms with Gasteiger partial charge < -0.3 is 14.2 Å². The lowest BCUT2D eigenvalue weighted by molar-refractivity contribution is -0.153. The van der Waals surface area contributed by atoms with Crippen molar-refractivity contribution in [2.75, 3.05) is 13.2 Å². The number of hydrogen-bond donors (Lipinski definition) is 0. The lowest BCUT2D eigenvalue weighted by Gasteiger charge is -2.13. The van der Waals surface area contributed by atoms with Gasteiger partial charge in [0.1, 0.15) is 17.1 Å². The second kappa shape index (κ2) is 9.32. The van der Waals surface area contributed by atoms with Crippen molar-refractivity contribution in [1.29, 1.82) is 0 Å². The van der Waals surface area contributed by atoms with Crippen LogP contribution < -0.4 is 4.74 Å². The van der Waals surface area contributed by atoms with Gasteiger partial charge in [0.05, 0.1) is 23.2 Å². The number of fused-ring (bicyclic) bond motifs is 1. The smallest absolute Gasteiger partial charge is 0.335 e. The number of halogens is 4. The van der Waals surface area contributed by atoms with E-state index in [1.807, 2.05) is 12.1 Å². The highest BCUT2D eigenvalue weighted by atomic mass is 79.9. The fraction of sp³-hybridized carbons (Fsp3) is 0.333. The first-order valence-corrected chi connectivity index (χ1v) is 11.2. The van der Waals surface area contributed by atoms with E-state index in [-0.39, 0.29) is 46.4 Å². The lowest BCUT2D eigenvalue weighted by atomic mass is 9.95. The molecule has 1 saturated heterocycles. The fourth-order valence-corrected chi connectivity index (χ4v) is 4.20. The molecule has 4 rings (SSSR count). The molecule has 1 aromatic heterocycles. The van der Waals surface area contributed by atoms with E-state index in [0.717, 1.165) is 21.2 Å². The summed E-state index contributed by atoms with van der Waals surface area (Å²) in [6.45, 7) is 4.14. The fourth-order valence-electron chi connectivity index (χ4n) is 3.55. The highest BCUT2D eigenvalue weighted by molar-refractivity contribution is 9.10. The summed E-state index contributed by atoms with van der Waals surface area (Å²) in [6.07, 6.45) is -0.173. The van der Waals surface area contributed by atoms with Gasteiger partial charge in [0.25, 0.3) is 0 Å². The highest BCUT2D eigenvalue weighted by Gasteiger charge is 2.33. The topological polar surface area (TPSA) is 62.6 Å². The van der Waals surface area contributed by atoms with Crippen molar-refractivity contribution in [1.82, 2.24) is 8.96 Å². The van der Waals surface area contributed by atoms with Crippen LogP contribution in [0.15, 0.2) is 28.7 Å². The van der Waals surface area contributed by atoms with Crippen LogP contribution in [0.5, 0.6) is 11.8 Å². The number of carbonyl (C=O) groups is 1. The summed E-state index contributed by atoms with van der Waals surface area (Å²) >= 11 is 2.55. The summed E-state index contributed by atoms with van der Waals surface area (Å²) in [5, 5.41) is 0. The van der Waals surface area contributed by atoms with Crippen molar-refractivity contribution in [2.24, 2.45) is 0 Å². The standard InChI is InChI=1S/C21H18BrF3N2O4S/c1-3-29-20(28)16-7-12(9-30-16)11-5-4-10(2)15(6-11)31-21-26-19-14(27(21)32-25)8-13(23)17(22)18(19)24/h4-6,8,12,16H,3,7,9H2,1-2H3. The van der Waals surface area contributed by atoms with Gasteiger partial charge in [-0.05, 0) is 53.4 Å². The number of carbonyl (C=O) groups excluding carboxylic acids is 1. The van der Waals surface area contributed by atoms with Crippen LogP contribution in [-0.4, -0.2) is 34.2 Å². The molecule has 170 valence electrons. The van der Waals surface area contributed by atoms with Crippen LogP contribution in [0.2, 0.25) is 0 Å². The molecule has 2 unspecified atom stereocenters. The van der Waals surface area contributed by atoms with Crippen LogP contribution in [0.3, 0.4) is 0 Å². The van der Waals surface area contributed by atoms with E-state index in [1.165, 1.54) is 0 Å². The number of imidazole rings is 1. The molecule has 0 saturated carbocycles. The third kappa shape index (κ3) is 4.20. The van der Waals surface area contributed by atoms with Crippen molar-refractivity contribution >= 4 is 45.3 Å². The highest BCUT2D eigenvalue weighted by Crippen LogP contribution is 2.38. The average molecular weight is 531 g/mol. The third-order valence-corrected chi connectivity index (χ3v) is 6.43. The van der Waals surface area contributed by atoms with E-state index in [1.54, 1.807) is 19.9 Å². The third-order valence-electron chi connectivity index (χ3n) is 5.22. The van der Waals surface area contributed by atoms with Gasteiger partial charge in [-0.2, -0.15) is 4.98 Å². The Morgan fingerprint density at radius 3 is 2.88 bits per heavy atom. The molecule has 3 aromatic rings. The normalized spacial score (nSPS) is 18.3. The Hall–Kier alpha value is -2.24. The molecular formula is C21H18BrF3N2O4S. The van der Waals surface area contributed by atoms with Gasteiger partial charge in [-0.1, -0.05) is 12.1 Å². The number of aromatic nitrogens is 2. The van der Waals surface area contributed by atoms with Crippen LogP contribution in [0.1, 0.15) is 30.4 Å². The molecular weight excluding hydrogens is 513 g/mol. The van der Waals surface area contributed by atoms with E-state index >= 15 is 0 Å². The minimum Gasteiger partial charge on any atom is -0.464 e. The zero-order valence-corrected chi connectivity index (χ0v) is 19.4. The SMILES string of the molecule is CCOC(=O)C1CC(c2ccc(C)c(Oc3nc4c(F)c(Br)c(F)cc4n3SF)c2)CO1. The Bertz CT molecular complexity index is 1190. The van der Waals surface area contributed by atoms with E-state index in [0.29, 0.717) is 18.8 Å². The monoisotopic (exact) mass is 530 g/mol. The van der Waals surface area contributed by atoms with Gasteiger partial charge in [-0.15, -0.1) is 3.89 Å². The summed E-state index contributed by atoms with van der Waals surface area (Å²) < 4.78 is 58.9. The molecule has 0 radical (unpaired) electrons. The van der Waals surface area contributed by atoms with E-state index < -0.39 is 23.7 Å². The first-order chi connectivity index (χ1) is 15.3. The molecule has 6 nitrogen and oxygen atoms in total. The lowest BCUT2D eigenvalue weighted by Crippen LogP contribution is -2.22. The Morgan fingerprint density at radius 2 is 2.16 bits per heavy atom. The predicted molar refractivity (Wildman–Crippen MR) is 116 cm³/mol. The van der Waals surface area contributed by atoms with Gasteiger partial charge in [-0.25, -0.2) is 17.5 Å². The van der Waals surface area contributed by atoms with Crippen LogP contribution >= 0.6 is 28.3 Å². The number of nitrogens with zero attached hydrogens (tertiary/aromatic N) is 2. The van der Waals surface area contributed by atoms with E-state index in [9.17, 15) is 17.5 Å². The maximum absolute atomic E-state index is 14.4. The number of rotatable bonds is 6. The largest absolute Gasteiger partial charge is 0.464 e. The average Bonchev–Trinajstić information content (AvgIpc) is 3.39. The number of esters is 1. The first kappa shape index (κ1) is 22.9. The van der Waals surface area contributed by atoms with Gasteiger partial charge in [0, 0.05) is 12.0 Å². The Kier molecular flexibility index (Phi) is 6.68. The van der Waals surface area contributed by atoms with Crippen LogP contribution in [0, 0.1) is 18.6 Å². The summed E-state index contributed by atoms with van der Waals surface area (Å²) in [4.78, 5) is 16.0. The van der Waals surface area contributed by atoms with Crippen molar-refractivity contribution in [2.45, 2.75) is 32.3 Å². The minimum absolute atomic E-state index is 0.0655. The molecule has 2 atom stereocenters. The molecule has 0 aliphatic carbocycles. The molecule has 1 aliphatic heterocycles. The Morgan fingerprint density at radius 1 is 1.38 bits per heavy atom. The zero-order chi connectivity index (χ0) is 23.0. The summed E-state index contributed by atoms with van der Waals surface area (Å²) in [5.41, 5.74) is 1.26. The van der Waals surface area contributed by atoms with Crippen molar-refractivity contribution in [3.8, 4) is 11.8 Å². The first-order valence-electron chi connectivity index (χ1n) is 9.75. The number of hydrogen-bond acceptors (Lipinski definition) is 6. The maximum atomic E-state index is 14.4. The molecule has 0 N–H and O–H groups in total. The maximum Gasteiger partial charge on any atom is 0.335 e. The number of aryl methyl sites for hydroxylation is 1. The number of benzene rings is 2. The van der Waals surface area contributed by atoms with Crippen molar-refractivity contribution in [3.63, 3.8) is 0 Å². The molecule has 2 aromatic carbocycles. The molecule has 1 aliphatic rings. The Labute approximate surface area is 194 Å². The van der Waals surface area contributed by atoms with Crippen LogP contribution in [-0.2, 0) is 14.3 Å². The van der Waals surface area contributed by atoms with Crippen LogP contribution in [0.25, 0.3) is 11.0 Å². The number of ether oxygens (including phenoxy) is 3. The molecule has 1 fully saturated rings. The Balaban J connectivity index is 1.64. The quantitative estimate of drug-likeness (QED) is 0.288. The van der Waals surface area contributed by atoms with Gasteiger partial charge >= 0.3 is 12.0 Å². The predicted octanol–water partition coefficient (Wildman–Crippen LogP) is 5.99. The van der Waals surface area contributed by atoms with E-state index in [2.05, 4.69) is 20.9 Å². The molecule has 2 heterocycles. The van der Waals surface area contributed by atoms with Gasteiger partial charge in [0.15, 0.2) is 24.3 Å². The van der Waals surface area contributed by atoms with Gasteiger partial charge in [0.2, 0.25) is 0 Å². The molecule has 32 heavy (non-hydrogen) atoms. The van der Waals surface area contributed by atoms with Gasteiger partial charge in [-0.3, -0.25) is 0 Å². The summed E-state index contributed by atoms with van der Waals surface area (Å²) in [7, 11) is 0. The molecule has 0 spiro atoms. The van der Waals surface area contributed by atoms with Crippen molar-refractivity contribution < 1.29 is 31.7 Å². The summed E-state index contributed by atoms with van der Waals surface area (Å²) in [5.74, 6) is -1.92. The minimum atomic E-state index is -0.948. The van der Waals surface area contributed by atoms with Crippen LogP contribution in [0.4, 0.5) is 12.7 Å². The molecule has 0 bridgehead atoms. The summed E-state index contributed by atoms with van der Waals surface area (Å²) in [6, 6.07) is 6.19. The zero-order valence-electron chi connectivity index (χ0n) is 17.0. The van der Waals surface area contributed by atoms with Crippen molar-refractivity contribution in [3.05, 3.63) is 51.5 Å².